The van der Waals surface area contributed by atoms with Gasteiger partial charge in [-0.3, -0.25) is 4.98 Å². The second-order valence-electron chi connectivity index (χ2n) is 3.32. The van der Waals surface area contributed by atoms with Gasteiger partial charge in [0.15, 0.2) is 0 Å². The highest BCUT2D eigenvalue weighted by Gasteiger charge is 1.98. The van der Waals surface area contributed by atoms with Gasteiger partial charge >= 0.3 is 0 Å². The molecule has 0 saturated carbocycles. The Morgan fingerprint density at radius 3 is 2.69 bits per heavy atom. The number of hydrogen-bond acceptors (Lipinski definition) is 4. The molecule has 0 aliphatic rings. The molecule has 0 bridgehead atoms. The second-order valence-corrected chi connectivity index (χ2v) is 3.70. The molecule has 4 nitrogen and oxygen atoms in total. The van der Waals surface area contributed by atoms with Crippen molar-refractivity contribution in [3.8, 4) is 0 Å². The van der Waals surface area contributed by atoms with E-state index < -0.39 is 0 Å². The molecule has 2 aromatic heterocycles. The fraction of sp³-hybridized carbons (Fsp3) is 0.0909. The molecule has 0 atom stereocenters. The average Bonchev–Trinajstić information content (AvgIpc) is 2.27. The number of nitrogens with zero attached hydrogens (tertiary/aromatic N) is 2. The molecule has 3 N–H and O–H groups in total. The number of rotatable bonds is 3. The topological polar surface area (TPSA) is 63.8 Å². The third-order valence-corrected chi connectivity index (χ3v) is 2.23. The zero-order valence-corrected chi connectivity index (χ0v) is 9.28. The van der Waals surface area contributed by atoms with Crippen LogP contribution in [0.25, 0.3) is 0 Å². The lowest BCUT2D eigenvalue weighted by Crippen LogP contribution is -2.02. The minimum absolute atomic E-state index is 0.386. The van der Waals surface area contributed by atoms with Gasteiger partial charge in [0.05, 0.1) is 0 Å². The Bertz CT molecular complexity index is 452. The van der Waals surface area contributed by atoms with Crippen LogP contribution in [0.5, 0.6) is 0 Å². The molecule has 2 rings (SSSR count). The van der Waals surface area contributed by atoms with Crippen molar-refractivity contribution in [2.45, 2.75) is 6.54 Å². The Morgan fingerprint density at radius 2 is 2.00 bits per heavy atom. The van der Waals surface area contributed by atoms with Gasteiger partial charge < -0.3 is 11.1 Å². The SMILES string of the molecule is Nc1cc(Cl)nc(NCc2ccncc2)c1. The highest BCUT2D eigenvalue weighted by Crippen LogP contribution is 2.16. The van der Waals surface area contributed by atoms with Gasteiger partial charge in [0.2, 0.25) is 0 Å². The normalized spacial score (nSPS) is 10.1. The summed E-state index contributed by atoms with van der Waals surface area (Å²) in [6.07, 6.45) is 3.49. The van der Waals surface area contributed by atoms with Crippen molar-refractivity contribution in [3.05, 3.63) is 47.4 Å². The molecule has 0 amide bonds. The van der Waals surface area contributed by atoms with E-state index in [1.165, 1.54) is 0 Å². The van der Waals surface area contributed by atoms with E-state index in [0.29, 0.717) is 23.2 Å². The molecular weight excluding hydrogens is 224 g/mol. The van der Waals surface area contributed by atoms with Crippen molar-refractivity contribution >= 4 is 23.1 Å². The summed E-state index contributed by atoms with van der Waals surface area (Å²) in [5.41, 5.74) is 7.37. The smallest absolute Gasteiger partial charge is 0.133 e. The first kappa shape index (κ1) is 10.7. The monoisotopic (exact) mass is 234 g/mol. The lowest BCUT2D eigenvalue weighted by Gasteiger charge is -2.06. The predicted octanol–water partition coefficient (Wildman–Crippen LogP) is 2.32. The molecule has 0 fully saturated rings. The van der Waals surface area contributed by atoms with Crippen LogP contribution in [0.4, 0.5) is 11.5 Å². The van der Waals surface area contributed by atoms with E-state index in [4.69, 9.17) is 17.3 Å². The molecule has 0 saturated heterocycles. The maximum atomic E-state index is 5.79. The second kappa shape index (κ2) is 4.81. The number of nitrogens with two attached hydrogens (primary N) is 1. The Morgan fingerprint density at radius 1 is 1.25 bits per heavy atom. The van der Waals surface area contributed by atoms with E-state index in [-0.39, 0.29) is 0 Å². The van der Waals surface area contributed by atoms with Gasteiger partial charge in [-0.1, -0.05) is 11.6 Å². The van der Waals surface area contributed by atoms with Gasteiger partial charge in [-0.15, -0.1) is 0 Å². The summed E-state index contributed by atoms with van der Waals surface area (Å²) >= 11 is 5.79. The summed E-state index contributed by atoms with van der Waals surface area (Å²) in [4.78, 5) is 8.05. The largest absolute Gasteiger partial charge is 0.399 e. The van der Waals surface area contributed by atoms with Gasteiger partial charge in [-0.25, -0.2) is 4.98 Å². The number of halogens is 1. The third-order valence-electron chi connectivity index (χ3n) is 2.04. The molecule has 0 aliphatic carbocycles. The third kappa shape index (κ3) is 2.84. The highest BCUT2D eigenvalue weighted by atomic mass is 35.5. The quantitative estimate of drug-likeness (QED) is 0.800. The van der Waals surface area contributed by atoms with E-state index in [0.717, 1.165) is 5.56 Å². The maximum absolute atomic E-state index is 5.79. The standard InChI is InChI=1S/C11H11ClN4/c12-10-5-9(13)6-11(16-10)15-7-8-1-3-14-4-2-8/h1-6H,7H2,(H3,13,15,16). The number of nitrogens with one attached hydrogen (secondary N) is 1. The molecule has 2 heterocycles. The number of anilines is 2. The summed E-state index contributed by atoms with van der Waals surface area (Å²) < 4.78 is 0. The average molecular weight is 235 g/mol. The Labute approximate surface area is 98.5 Å². The van der Waals surface area contributed by atoms with Crippen molar-refractivity contribution in [1.29, 1.82) is 0 Å². The van der Waals surface area contributed by atoms with Crippen molar-refractivity contribution in [1.82, 2.24) is 9.97 Å². The summed E-state index contributed by atoms with van der Waals surface area (Å²) in [7, 11) is 0. The van der Waals surface area contributed by atoms with Gasteiger partial charge in [-0.2, -0.15) is 0 Å². The van der Waals surface area contributed by atoms with Gasteiger partial charge in [-0.05, 0) is 23.8 Å². The van der Waals surface area contributed by atoms with E-state index in [1.54, 1.807) is 24.5 Å². The molecule has 0 aromatic carbocycles. The fourth-order valence-corrected chi connectivity index (χ4v) is 1.52. The first-order valence-corrected chi connectivity index (χ1v) is 5.18. The lowest BCUT2D eigenvalue weighted by molar-refractivity contribution is 1.10. The summed E-state index contributed by atoms with van der Waals surface area (Å²) in [6, 6.07) is 7.22. The maximum Gasteiger partial charge on any atom is 0.133 e. The van der Waals surface area contributed by atoms with Crippen LogP contribution in [0.15, 0.2) is 36.7 Å². The van der Waals surface area contributed by atoms with Crippen LogP contribution < -0.4 is 11.1 Å². The minimum Gasteiger partial charge on any atom is -0.399 e. The Balaban J connectivity index is 2.05. The van der Waals surface area contributed by atoms with Crippen LogP contribution in [-0.4, -0.2) is 9.97 Å². The van der Waals surface area contributed by atoms with Crippen molar-refractivity contribution in [3.63, 3.8) is 0 Å². The molecule has 0 aliphatic heterocycles. The van der Waals surface area contributed by atoms with Gasteiger partial charge in [0, 0.05) is 30.7 Å². The molecule has 2 aromatic rings. The van der Waals surface area contributed by atoms with E-state index >= 15 is 0 Å². The number of hydrogen-bond donors (Lipinski definition) is 2. The van der Waals surface area contributed by atoms with E-state index in [1.807, 2.05) is 12.1 Å². The molecule has 82 valence electrons. The minimum atomic E-state index is 0.386. The summed E-state index contributed by atoms with van der Waals surface area (Å²) in [5, 5.41) is 3.53. The van der Waals surface area contributed by atoms with Crippen molar-refractivity contribution in [2.24, 2.45) is 0 Å². The Hall–Kier alpha value is -1.81. The number of pyridine rings is 2. The summed E-state index contributed by atoms with van der Waals surface area (Å²) in [6.45, 7) is 0.662. The zero-order valence-electron chi connectivity index (χ0n) is 8.52. The molecule has 0 unspecified atom stereocenters. The highest BCUT2D eigenvalue weighted by molar-refractivity contribution is 6.29. The zero-order chi connectivity index (χ0) is 11.4. The van der Waals surface area contributed by atoms with Crippen LogP contribution in [0.2, 0.25) is 5.15 Å². The van der Waals surface area contributed by atoms with Crippen molar-refractivity contribution in [2.75, 3.05) is 11.1 Å². The Kier molecular flexibility index (Phi) is 3.22. The lowest BCUT2D eigenvalue weighted by atomic mass is 10.3. The first-order chi connectivity index (χ1) is 7.74. The first-order valence-electron chi connectivity index (χ1n) is 4.80. The van der Waals surface area contributed by atoms with Crippen LogP contribution >= 0.6 is 11.6 Å². The number of aromatic nitrogens is 2. The summed E-state index contributed by atoms with van der Waals surface area (Å²) in [5.74, 6) is 0.668. The molecule has 0 spiro atoms. The molecular formula is C11H11ClN4. The number of nitrogen functional groups attached to an aromatic ring is 1. The van der Waals surface area contributed by atoms with Crippen LogP contribution in [0, 0.1) is 0 Å². The molecule has 16 heavy (non-hydrogen) atoms. The predicted molar refractivity (Wildman–Crippen MR) is 65.2 cm³/mol. The molecule has 0 radical (unpaired) electrons. The van der Waals surface area contributed by atoms with Crippen molar-refractivity contribution < 1.29 is 0 Å². The van der Waals surface area contributed by atoms with Crippen LogP contribution in [0.3, 0.4) is 0 Å². The van der Waals surface area contributed by atoms with E-state index in [9.17, 15) is 0 Å². The fourth-order valence-electron chi connectivity index (χ4n) is 1.30. The van der Waals surface area contributed by atoms with Crippen LogP contribution in [0.1, 0.15) is 5.56 Å². The molecule has 5 heteroatoms. The van der Waals surface area contributed by atoms with E-state index in [2.05, 4.69) is 15.3 Å². The van der Waals surface area contributed by atoms with Crippen LogP contribution in [-0.2, 0) is 6.54 Å². The van der Waals surface area contributed by atoms with Gasteiger partial charge in [0.1, 0.15) is 11.0 Å². The van der Waals surface area contributed by atoms with Gasteiger partial charge in [0.25, 0.3) is 0 Å².